The Labute approximate surface area is 150 Å². The molecular formula is C18H21N5O3. The summed E-state index contributed by atoms with van der Waals surface area (Å²) in [6, 6.07) is 5.42. The second-order valence-corrected chi connectivity index (χ2v) is 7.47. The molecule has 0 aliphatic carbocycles. The number of amides is 2. The number of piperidine rings is 1. The van der Waals surface area contributed by atoms with E-state index in [2.05, 4.69) is 20.5 Å². The van der Waals surface area contributed by atoms with Gasteiger partial charge in [0.2, 0.25) is 5.91 Å². The number of hydrogen-bond donors (Lipinski definition) is 3. The molecule has 26 heavy (non-hydrogen) atoms. The number of carbonyl (C=O) groups excluding carboxylic acids is 2. The Morgan fingerprint density at radius 2 is 1.96 bits per heavy atom. The molecule has 3 heterocycles. The van der Waals surface area contributed by atoms with Crippen molar-refractivity contribution < 1.29 is 9.59 Å². The Bertz CT molecular complexity index is 934. The van der Waals surface area contributed by atoms with Crippen molar-refractivity contribution >= 4 is 17.5 Å². The molecule has 8 heteroatoms. The number of carbonyl (C=O) groups is 2. The van der Waals surface area contributed by atoms with Gasteiger partial charge in [-0.1, -0.05) is 6.07 Å². The Kier molecular flexibility index (Phi) is 3.71. The van der Waals surface area contributed by atoms with Gasteiger partial charge in [0.15, 0.2) is 0 Å². The van der Waals surface area contributed by atoms with E-state index in [4.69, 9.17) is 0 Å². The number of benzene rings is 1. The van der Waals surface area contributed by atoms with Crippen LogP contribution in [0.3, 0.4) is 0 Å². The number of fused-ring (bicyclic) bond motifs is 1. The molecule has 3 N–H and O–H groups in total. The summed E-state index contributed by atoms with van der Waals surface area (Å²) in [6.45, 7) is 4.96. The fourth-order valence-corrected chi connectivity index (χ4v) is 3.74. The average Bonchev–Trinajstić information content (AvgIpc) is 3.16. The molecule has 0 atom stereocenters. The Morgan fingerprint density at radius 3 is 2.62 bits per heavy atom. The van der Waals surface area contributed by atoms with E-state index in [0.717, 1.165) is 24.1 Å². The van der Waals surface area contributed by atoms with Crippen molar-refractivity contribution in [2.45, 2.75) is 38.0 Å². The summed E-state index contributed by atoms with van der Waals surface area (Å²) in [5.74, 6) is 0.717. The third kappa shape index (κ3) is 2.61. The van der Waals surface area contributed by atoms with Gasteiger partial charge in [-0.15, -0.1) is 0 Å². The van der Waals surface area contributed by atoms with E-state index < -0.39 is 5.41 Å². The molecule has 1 saturated heterocycles. The Morgan fingerprint density at radius 1 is 1.23 bits per heavy atom. The summed E-state index contributed by atoms with van der Waals surface area (Å²) in [7, 11) is 0. The van der Waals surface area contributed by atoms with Crippen molar-refractivity contribution in [3.05, 3.63) is 45.6 Å². The van der Waals surface area contributed by atoms with Crippen LogP contribution < -0.4 is 11.0 Å². The molecule has 0 saturated carbocycles. The van der Waals surface area contributed by atoms with E-state index in [9.17, 15) is 14.4 Å². The summed E-state index contributed by atoms with van der Waals surface area (Å²) in [4.78, 5) is 40.6. The number of nitrogens with one attached hydrogen (secondary N) is 3. The molecule has 1 aromatic heterocycles. The van der Waals surface area contributed by atoms with Crippen molar-refractivity contribution in [3.63, 3.8) is 0 Å². The van der Waals surface area contributed by atoms with Gasteiger partial charge in [-0.3, -0.25) is 14.6 Å². The molecular weight excluding hydrogens is 334 g/mol. The highest BCUT2D eigenvalue weighted by Gasteiger charge is 2.38. The molecule has 4 rings (SSSR count). The van der Waals surface area contributed by atoms with Gasteiger partial charge in [-0.25, -0.2) is 9.89 Å². The third-order valence-corrected chi connectivity index (χ3v) is 5.44. The maximum Gasteiger partial charge on any atom is 0.340 e. The van der Waals surface area contributed by atoms with Crippen LogP contribution in [0.25, 0.3) is 0 Å². The maximum absolute atomic E-state index is 12.8. The van der Waals surface area contributed by atoms with Gasteiger partial charge >= 0.3 is 5.69 Å². The molecule has 1 aromatic carbocycles. The minimum atomic E-state index is -0.574. The van der Waals surface area contributed by atoms with E-state index in [0.29, 0.717) is 24.5 Å². The smallest absolute Gasteiger partial charge is 0.339 e. The van der Waals surface area contributed by atoms with Gasteiger partial charge in [-0.2, -0.15) is 5.10 Å². The highest BCUT2D eigenvalue weighted by molar-refractivity contribution is 6.07. The molecule has 2 aromatic rings. The lowest BCUT2D eigenvalue weighted by atomic mass is 9.86. The predicted molar refractivity (Wildman–Crippen MR) is 95.2 cm³/mol. The number of rotatable bonds is 2. The van der Waals surface area contributed by atoms with E-state index >= 15 is 0 Å². The zero-order chi connectivity index (χ0) is 18.5. The first-order valence-electron chi connectivity index (χ1n) is 8.76. The van der Waals surface area contributed by atoms with Crippen LogP contribution in [-0.4, -0.2) is 45.0 Å². The van der Waals surface area contributed by atoms with Crippen molar-refractivity contribution in [2.75, 3.05) is 18.4 Å². The third-order valence-electron chi connectivity index (χ3n) is 5.44. The maximum atomic E-state index is 12.8. The van der Waals surface area contributed by atoms with Crippen molar-refractivity contribution in [3.8, 4) is 0 Å². The standard InChI is InChI=1S/C18H21N5O3/c1-18(2)12-4-3-11(9-13(12)19-16(18)25)15(24)23-7-5-10(6-8-23)14-20-17(26)22-21-14/h3-4,9-10H,5-8H2,1-2H3,(H,19,25)(H2,20,21,22,26). The van der Waals surface area contributed by atoms with Crippen LogP contribution >= 0.6 is 0 Å². The van der Waals surface area contributed by atoms with E-state index in [1.165, 1.54) is 0 Å². The lowest BCUT2D eigenvalue weighted by molar-refractivity contribution is -0.119. The minimum absolute atomic E-state index is 0.0410. The number of anilines is 1. The monoisotopic (exact) mass is 355 g/mol. The number of aromatic amines is 2. The van der Waals surface area contributed by atoms with Gasteiger partial charge < -0.3 is 10.2 Å². The van der Waals surface area contributed by atoms with Crippen molar-refractivity contribution in [1.29, 1.82) is 0 Å². The lowest BCUT2D eigenvalue weighted by Crippen LogP contribution is -2.38. The van der Waals surface area contributed by atoms with E-state index in [-0.39, 0.29) is 23.4 Å². The SMILES string of the molecule is CC1(C)C(=O)Nc2cc(C(=O)N3CCC(c4n[nH]c(=O)[nH]4)CC3)ccc21. The number of nitrogens with zero attached hydrogens (tertiary/aromatic N) is 2. The number of H-pyrrole nitrogens is 2. The molecule has 136 valence electrons. The lowest BCUT2D eigenvalue weighted by Gasteiger charge is -2.31. The Hall–Kier alpha value is -2.90. The zero-order valence-corrected chi connectivity index (χ0v) is 14.8. The van der Waals surface area contributed by atoms with Gasteiger partial charge in [0.1, 0.15) is 5.82 Å². The van der Waals surface area contributed by atoms with Gasteiger partial charge in [-0.05, 0) is 44.4 Å². The minimum Gasteiger partial charge on any atom is -0.339 e. The van der Waals surface area contributed by atoms with E-state index in [1.807, 2.05) is 24.8 Å². The molecule has 1 fully saturated rings. The quantitative estimate of drug-likeness (QED) is 0.755. The average molecular weight is 355 g/mol. The van der Waals surface area contributed by atoms with E-state index in [1.54, 1.807) is 12.1 Å². The highest BCUT2D eigenvalue weighted by Crippen LogP contribution is 2.38. The summed E-state index contributed by atoms with van der Waals surface area (Å²) in [5.41, 5.74) is 1.33. The fraction of sp³-hybridized carbons (Fsp3) is 0.444. The number of likely N-dealkylation sites (tertiary alicyclic amines) is 1. The topological polar surface area (TPSA) is 111 Å². The Balaban J connectivity index is 1.47. The molecule has 0 radical (unpaired) electrons. The highest BCUT2D eigenvalue weighted by atomic mass is 16.2. The van der Waals surface area contributed by atoms with Crippen LogP contribution in [0.4, 0.5) is 5.69 Å². The van der Waals surface area contributed by atoms with Gasteiger partial charge in [0.25, 0.3) is 5.91 Å². The fourth-order valence-electron chi connectivity index (χ4n) is 3.74. The molecule has 2 aliphatic heterocycles. The molecule has 0 bridgehead atoms. The number of hydrogen-bond acceptors (Lipinski definition) is 4. The normalized spacial score (nSPS) is 19.3. The zero-order valence-electron chi connectivity index (χ0n) is 14.8. The molecule has 8 nitrogen and oxygen atoms in total. The predicted octanol–water partition coefficient (Wildman–Crippen LogP) is 1.35. The second-order valence-electron chi connectivity index (χ2n) is 7.47. The summed E-state index contributed by atoms with van der Waals surface area (Å²) >= 11 is 0. The first-order chi connectivity index (χ1) is 12.4. The molecule has 2 amide bonds. The largest absolute Gasteiger partial charge is 0.340 e. The van der Waals surface area contributed by atoms with Crippen LogP contribution in [0.15, 0.2) is 23.0 Å². The second kappa shape index (κ2) is 5.82. The molecule has 2 aliphatic rings. The van der Waals surface area contributed by atoms with Crippen LogP contribution in [0.5, 0.6) is 0 Å². The first-order valence-corrected chi connectivity index (χ1v) is 8.76. The van der Waals surface area contributed by atoms with Gasteiger partial charge in [0, 0.05) is 30.3 Å². The summed E-state index contributed by atoms with van der Waals surface area (Å²) in [6.07, 6.45) is 1.50. The van der Waals surface area contributed by atoms with Crippen LogP contribution in [-0.2, 0) is 10.2 Å². The van der Waals surface area contributed by atoms with Gasteiger partial charge in [0.05, 0.1) is 5.41 Å². The van der Waals surface area contributed by atoms with Crippen molar-refractivity contribution in [2.24, 2.45) is 0 Å². The van der Waals surface area contributed by atoms with Crippen LogP contribution in [0, 0.1) is 0 Å². The van der Waals surface area contributed by atoms with Crippen LogP contribution in [0.1, 0.15) is 54.4 Å². The summed E-state index contributed by atoms with van der Waals surface area (Å²) in [5, 5.41) is 9.24. The molecule has 0 spiro atoms. The first kappa shape index (κ1) is 16.6. The number of aromatic nitrogens is 3. The van der Waals surface area contributed by atoms with Crippen molar-refractivity contribution in [1.82, 2.24) is 20.1 Å². The molecule has 0 unspecified atom stereocenters. The van der Waals surface area contributed by atoms with Crippen LogP contribution in [0.2, 0.25) is 0 Å². The summed E-state index contributed by atoms with van der Waals surface area (Å²) < 4.78 is 0.